The van der Waals surface area contributed by atoms with E-state index in [-0.39, 0.29) is 0 Å². The summed E-state index contributed by atoms with van der Waals surface area (Å²) in [4.78, 5) is 1.30. The third-order valence-corrected chi connectivity index (χ3v) is 3.61. The summed E-state index contributed by atoms with van der Waals surface area (Å²) < 4.78 is 5.71. The molecule has 18 heavy (non-hydrogen) atoms. The topological polar surface area (TPSA) is 9.23 Å². The van der Waals surface area contributed by atoms with Crippen LogP contribution >= 0.6 is 11.8 Å². The first-order valence-electron chi connectivity index (χ1n) is 6.13. The van der Waals surface area contributed by atoms with E-state index in [1.54, 1.807) is 0 Å². The predicted molar refractivity (Wildman–Crippen MR) is 78.6 cm³/mol. The Morgan fingerprint density at radius 1 is 0.944 bits per heavy atom. The highest BCUT2D eigenvalue weighted by atomic mass is 32.2. The van der Waals surface area contributed by atoms with Crippen LogP contribution in [0, 0.1) is 13.8 Å². The van der Waals surface area contributed by atoms with Crippen LogP contribution in [0.25, 0.3) is 0 Å². The summed E-state index contributed by atoms with van der Waals surface area (Å²) in [6.07, 6.45) is 0. The summed E-state index contributed by atoms with van der Waals surface area (Å²) in [5.74, 6) is 1.93. The van der Waals surface area contributed by atoms with Crippen molar-refractivity contribution in [1.82, 2.24) is 0 Å². The van der Waals surface area contributed by atoms with Crippen LogP contribution in [0.15, 0.2) is 53.4 Å². The van der Waals surface area contributed by atoms with Crippen molar-refractivity contribution in [2.24, 2.45) is 0 Å². The van der Waals surface area contributed by atoms with E-state index in [4.69, 9.17) is 4.74 Å². The molecule has 0 spiro atoms. The van der Waals surface area contributed by atoms with Gasteiger partial charge < -0.3 is 4.74 Å². The Bertz CT molecular complexity index is 491. The Balaban J connectivity index is 1.74. The minimum Gasteiger partial charge on any atom is -0.493 e. The molecule has 0 aliphatic rings. The first-order valence-corrected chi connectivity index (χ1v) is 7.11. The number of ether oxygens (including phenoxy) is 1. The van der Waals surface area contributed by atoms with Crippen LogP contribution in [0.5, 0.6) is 5.75 Å². The van der Waals surface area contributed by atoms with Crippen molar-refractivity contribution in [3.8, 4) is 5.75 Å². The van der Waals surface area contributed by atoms with E-state index in [0.717, 1.165) is 18.1 Å². The second kappa shape index (κ2) is 6.50. The highest BCUT2D eigenvalue weighted by molar-refractivity contribution is 7.99. The number of aryl methyl sites for hydroxylation is 2. The van der Waals surface area contributed by atoms with E-state index in [2.05, 4.69) is 50.2 Å². The van der Waals surface area contributed by atoms with Crippen molar-refractivity contribution >= 4 is 11.8 Å². The molecule has 0 bridgehead atoms. The Hall–Kier alpha value is -1.41. The Kier molecular flexibility index (Phi) is 4.71. The average Bonchev–Trinajstić information content (AvgIpc) is 2.37. The van der Waals surface area contributed by atoms with E-state index in [0.29, 0.717) is 0 Å². The van der Waals surface area contributed by atoms with Gasteiger partial charge in [-0.2, -0.15) is 0 Å². The number of rotatable bonds is 5. The Morgan fingerprint density at radius 2 is 1.72 bits per heavy atom. The van der Waals surface area contributed by atoms with Crippen LogP contribution in [0.2, 0.25) is 0 Å². The molecule has 0 fully saturated rings. The van der Waals surface area contributed by atoms with Crippen LogP contribution in [0.1, 0.15) is 11.1 Å². The lowest BCUT2D eigenvalue weighted by atomic mass is 10.2. The number of hydrogen-bond donors (Lipinski definition) is 0. The molecule has 0 radical (unpaired) electrons. The van der Waals surface area contributed by atoms with Crippen molar-refractivity contribution < 1.29 is 4.74 Å². The standard InChI is InChI=1S/C16H18OS/c1-13-6-8-16(9-7-13)18-11-10-17-15-5-3-4-14(2)12-15/h3-9,12H,10-11H2,1-2H3. The molecule has 0 unspecified atom stereocenters. The van der Waals surface area contributed by atoms with E-state index in [9.17, 15) is 0 Å². The van der Waals surface area contributed by atoms with Crippen molar-refractivity contribution in [1.29, 1.82) is 0 Å². The second-order valence-corrected chi connectivity index (χ2v) is 5.49. The molecule has 0 saturated carbocycles. The minimum atomic E-state index is 0.738. The molecular formula is C16H18OS. The molecule has 0 aliphatic heterocycles. The fourth-order valence-corrected chi connectivity index (χ4v) is 2.39. The fraction of sp³-hybridized carbons (Fsp3) is 0.250. The molecular weight excluding hydrogens is 240 g/mol. The van der Waals surface area contributed by atoms with Gasteiger partial charge in [0.15, 0.2) is 0 Å². The lowest BCUT2D eigenvalue weighted by Gasteiger charge is -2.06. The monoisotopic (exact) mass is 258 g/mol. The maximum Gasteiger partial charge on any atom is 0.119 e. The van der Waals surface area contributed by atoms with Crippen molar-refractivity contribution in [2.45, 2.75) is 18.7 Å². The van der Waals surface area contributed by atoms with Crippen LogP contribution in [0.4, 0.5) is 0 Å². The van der Waals surface area contributed by atoms with Gasteiger partial charge in [-0.3, -0.25) is 0 Å². The zero-order valence-electron chi connectivity index (χ0n) is 10.8. The normalized spacial score (nSPS) is 10.3. The van der Waals surface area contributed by atoms with Crippen molar-refractivity contribution in [3.05, 3.63) is 59.7 Å². The summed E-state index contributed by atoms with van der Waals surface area (Å²) in [7, 11) is 0. The highest BCUT2D eigenvalue weighted by Gasteiger charge is 1.96. The number of thioether (sulfide) groups is 1. The van der Waals surface area contributed by atoms with Gasteiger partial charge in [-0.05, 0) is 43.7 Å². The molecule has 0 heterocycles. The highest BCUT2D eigenvalue weighted by Crippen LogP contribution is 2.19. The third kappa shape index (κ3) is 4.11. The molecule has 0 saturated heterocycles. The second-order valence-electron chi connectivity index (χ2n) is 4.33. The summed E-state index contributed by atoms with van der Waals surface area (Å²) in [6, 6.07) is 16.8. The molecule has 2 aromatic carbocycles. The van der Waals surface area contributed by atoms with Crippen LogP contribution in [-0.2, 0) is 0 Å². The van der Waals surface area contributed by atoms with Gasteiger partial charge in [0.1, 0.15) is 5.75 Å². The molecule has 0 aromatic heterocycles. The van der Waals surface area contributed by atoms with E-state index in [1.165, 1.54) is 16.0 Å². The smallest absolute Gasteiger partial charge is 0.119 e. The van der Waals surface area contributed by atoms with Crippen molar-refractivity contribution in [2.75, 3.05) is 12.4 Å². The van der Waals surface area contributed by atoms with Gasteiger partial charge in [-0.1, -0.05) is 29.8 Å². The zero-order chi connectivity index (χ0) is 12.8. The maximum atomic E-state index is 5.71. The molecule has 0 aliphatic carbocycles. The summed E-state index contributed by atoms with van der Waals surface area (Å²) >= 11 is 1.83. The van der Waals surface area contributed by atoms with Gasteiger partial charge in [0.05, 0.1) is 6.61 Å². The van der Waals surface area contributed by atoms with Gasteiger partial charge in [0.25, 0.3) is 0 Å². The first kappa shape index (κ1) is 13.0. The Labute approximate surface area is 113 Å². The van der Waals surface area contributed by atoms with E-state index in [1.807, 2.05) is 23.9 Å². The maximum absolute atomic E-state index is 5.71. The molecule has 2 rings (SSSR count). The molecule has 1 nitrogen and oxygen atoms in total. The van der Waals surface area contributed by atoms with Crippen molar-refractivity contribution in [3.63, 3.8) is 0 Å². The van der Waals surface area contributed by atoms with Gasteiger partial charge in [-0.15, -0.1) is 11.8 Å². The van der Waals surface area contributed by atoms with Crippen LogP contribution in [-0.4, -0.2) is 12.4 Å². The molecule has 94 valence electrons. The zero-order valence-corrected chi connectivity index (χ0v) is 11.7. The molecule has 0 amide bonds. The number of hydrogen-bond acceptors (Lipinski definition) is 2. The van der Waals surface area contributed by atoms with Gasteiger partial charge in [0.2, 0.25) is 0 Å². The lowest BCUT2D eigenvalue weighted by molar-refractivity contribution is 0.344. The number of benzene rings is 2. The molecule has 0 N–H and O–H groups in total. The van der Waals surface area contributed by atoms with Crippen LogP contribution in [0.3, 0.4) is 0 Å². The third-order valence-electron chi connectivity index (χ3n) is 2.63. The Morgan fingerprint density at radius 3 is 2.44 bits per heavy atom. The van der Waals surface area contributed by atoms with Gasteiger partial charge >= 0.3 is 0 Å². The SMILES string of the molecule is Cc1ccc(SCCOc2cccc(C)c2)cc1. The average molecular weight is 258 g/mol. The minimum absolute atomic E-state index is 0.738. The molecule has 2 aromatic rings. The summed E-state index contributed by atoms with van der Waals surface area (Å²) in [6.45, 7) is 4.92. The first-order chi connectivity index (χ1) is 8.74. The predicted octanol–water partition coefficient (Wildman–Crippen LogP) is 4.47. The lowest BCUT2D eigenvalue weighted by Crippen LogP contribution is -2.00. The quantitative estimate of drug-likeness (QED) is 0.578. The van der Waals surface area contributed by atoms with Gasteiger partial charge in [0, 0.05) is 10.6 Å². The largest absolute Gasteiger partial charge is 0.493 e. The summed E-state index contributed by atoms with van der Waals surface area (Å²) in [5, 5.41) is 0. The fourth-order valence-electron chi connectivity index (χ4n) is 1.66. The molecule has 0 atom stereocenters. The van der Waals surface area contributed by atoms with Gasteiger partial charge in [-0.25, -0.2) is 0 Å². The van der Waals surface area contributed by atoms with E-state index >= 15 is 0 Å². The van der Waals surface area contributed by atoms with E-state index < -0.39 is 0 Å². The summed E-state index contributed by atoms with van der Waals surface area (Å²) in [5.41, 5.74) is 2.54. The van der Waals surface area contributed by atoms with Crippen LogP contribution < -0.4 is 4.74 Å². The molecule has 2 heteroatoms.